The predicted octanol–water partition coefficient (Wildman–Crippen LogP) is 0.700. The normalized spacial score (nSPS) is 10.0. The van der Waals surface area contributed by atoms with Gasteiger partial charge < -0.3 is 10.0 Å². The van der Waals surface area contributed by atoms with Gasteiger partial charge in [-0.3, -0.25) is 0 Å². The molecule has 38 valence electrons. The predicted molar refractivity (Wildman–Crippen MR) is 33.0 cm³/mol. The summed E-state index contributed by atoms with van der Waals surface area (Å²) in [4.78, 5) is 0. The van der Waals surface area contributed by atoms with Crippen molar-refractivity contribution in [1.29, 1.82) is 0 Å². The van der Waals surface area contributed by atoms with E-state index in [0.29, 0.717) is 0 Å². The van der Waals surface area contributed by atoms with Crippen LogP contribution in [0, 0.1) is 0 Å². The number of hydrogen-bond acceptors (Lipinski definition) is 1. The molecule has 0 aliphatic rings. The van der Waals surface area contributed by atoms with Crippen molar-refractivity contribution >= 4 is 17.4 Å². The Bertz CT molecular complexity index is 31.3. The molecule has 0 aromatic heterocycles. The van der Waals surface area contributed by atoms with E-state index in [9.17, 15) is 0 Å². The second-order valence-corrected chi connectivity index (χ2v) is 2.37. The van der Waals surface area contributed by atoms with E-state index in [4.69, 9.17) is 5.73 Å². The standard InChI is InChI=1S/C4H11N.Al.3H/c1-4(2,3)5;;;;/h5H2,1-3H3;;;;/q;+3;3*-1. The minimum absolute atomic E-state index is 0. The van der Waals surface area contributed by atoms with Crippen LogP contribution in [-0.2, 0) is 0 Å². The fourth-order valence-electron chi connectivity index (χ4n) is 0. The van der Waals surface area contributed by atoms with Crippen LogP contribution < -0.4 is 5.73 Å². The van der Waals surface area contributed by atoms with Crippen LogP contribution >= 0.6 is 0 Å². The molecule has 0 radical (unpaired) electrons. The van der Waals surface area contributed by atoms with E-state index in [-0.39, 0.29) is 27.2 Å². The molecule has 0 aliphatic carbocycles. The molecule has 0 heterocycles. The van der Waals surface area contributed by atoms with Crippen molar-refractivity contribution < 1.29 is 4.28 Å². The topological polar surface area (TPSA) is 26.0 Å². The van der Waals surface area contributed by atoms with Crippen LogP contribution in [0.1, 0.15) is 25.1 Å². The molecule has 0 saturated carbocycles. The monoisotopic (exact) mass is 103 g/mol. The molecule has 0 unspecified atom stereocenters. The maximum absolute atomic E-state index is 5.35. The van der Waals surface area contributed by atoms with Crippen LogP contribution in [0.4, 0.5) is 0 Å². The molecule has 6 heavy (non-hydrogen) atoms. The number of hydrogen-bond donors (Lipinski definition) is 1. The third-order valence-electron chi connectivity index (χ3n) is 0. The van der Waals surface area contributed by atoms with Crippen LogP contribution in [0.3, 0.4) is 0 Å². The van der Waals surface area contributed by atoms with Crippen molar-refractivity contribution in [2.45, 2.75) is 26.3 Å². The summed E-state index contributed by atoms with van der Waals surface area (Å²) in [6, 6.07) is 0. The summed E-state index contributed by atoms with van der Waals surface area (Å²) >= 11 is 0. The molecule has 0 spiro atoms. The Balaban J connectivity index is -0.0000000133. The molecule has 0 aromatic rings. The molecule has 0 aliphatic heterocycles. The molecule has 0 saturated heterocycles. The summed E-state index contributed by atoms with van der Waals surface area (Å²) in [5.41, 5.74) is 5.35. The summed E-state index contributed by atoms with van der Waals surface area (Å²) in [7, 11) is 0. The molecular formula is C4H14AlN. The largest absolute Gasteiger partial charge is 3.00 e. The summed E-state index contributed by atoms with van der Waals surface area (Å²) < 4.78 is 0. The van der Waals surface area contributed by atoms with Crippen LogP contribution in [0.25, 0.3) is 0 Å². The Morgan fingerprint density at radius 1 is 1.33 bits per heavy atom. The van der Waals surface area contributed by atoms with Gasteiger partial charge in [-0.05, 0) is 20.8 Å². The zero-order valence-corrected chi connectivity index (χ0v) is 5.81. The van der Waals surface area contributed by atoms with Crippen molar-refractivity contribution in [3.05, 3.63) is 0 Å². The van der Waals surface area contributed by atoms with E-state index >= 15 is 0 Å². The van der Waals surface area contributed by atoms with Crippen LogP contribution in [0.2, 0.25) is 0 Å². The van der Waals surface area contributed by atoms with Crippen molar-refractivity contribution in [2.75, 3.05) is 0 Å². The first-order valence-corrected chi connectivity index (χ1v) is 1.79. The van der Waals surface area contributed by atoms with Gasteiger partial charge in [0.1, 0.15) is 0 Å². The van der Waals surface area contributed by atoms with Gasteiger partial charge in [-0.25, -0.2) is 0 Å². The third-order valence-corrected chi connectivity index (χ3v) is 0. The smallest absolute Gasteiger partial charge is 1.00 e. The molecule has 0 aromatic carbocycles. The van der Waals surface area contributed by atoms with Crippen LogP contribution in [0.5, 0.6) is 0 Å². The number of nitrogens with two attached hydrogens (primary N) is 1. The van der Waals surface area contributed by atoms with Gasteiger partial charge in [0, 0.05) is 5.54 Å². The van der Waals surface area contributed by atoms with E-state index in [1.807, 2.05) is 20.8 Å². The van der Waals surface area contributed by atoms with Gasteiger partial charge in [-0.15, -0.1) is 0 Å². The van der Waals surface area contributed by atoms with Gasteiger partial charge in [-0.1, -0.05) is 0 Å². The average molecular weight is 103 g/mol. The van der Waals surface area contributed by atoms with E-state index in [2.05, 4.69) is 0 Å². The minimum atomic E-state index is 0. The molecule has 0 bridgehead atoms. The maximum atomic E-state index is 5.35. The molecule has 0 fully saturated rings. The maximum Gasteiger partial charge on any atom is 3.00 e. The molecule has 2 heteroatoms. The Kier molecular flexibility index (Phi) is 4.25. The first-order chi connectivity index (χ1) is 2.00. The third kappa shape index (κ3) is 226. The fourth-order valence-corrected chi connectivity index (χ4v) is 0. The van der Waals surface area contributed by atoms with Crippen molar-refractivity contribution in [1.82, 2.24) is 0 Å². The van der Waals surface area contributed by atoms with E-state index in [0.717, 1.165) is 0 Å². The average Bonchev–Trinajstić information content (AvgIpc) is 0.722. The van der Waals surface area contributed by atoms with E-state index in [1.165, 1.54) is 0 Å². The Morgan fingerprint density at radius 2 is 1.33 bits per heavy atom. The molecule has 0 amide bonds. The van der Waals surface area contributed by atoms with E-state index < -0.39 is 0 Å². The molecular weight excluding hydrogens is 89.0 g/mol. The van der Waals surface area contributed by atoms with Gasteiger partial charge in [0.25, 0.3) is 0 Å². The van der Waals surface area contributed by atoms with Crippen LogP contribution in [-0.4, -0.2) is 22.9 Å². The first kappa shape index (κ1) is 9.70. The van der Waals surface area contributed by atoms with Crippen molar-refractivity contribution in [3.63, 3.8) is 0 Å². The molecule has 2 N–H and O–H groups in total. The quantitative estimate of drug-likeness (QED) is 0.449. The summed E-state index contributed by atoms with van der Waals surface area (Å²) in [6.45, 7) is 5.90. The summed E-state index contributed by atoms with van der Waals surface area (Å²) in [5.74, 6) is 0. The van der Waals surface area contributed by atoms with E-state index in [1.54, 1.807) is 0 Å². The molecule has 1 nitrogen and oxygen atoms in total. The van der Waals surface area contributed by atoms with Gasteiger partial charge >= 0.3 is 17.4 Å². The Morgan fingerprint density at radius 3 is 1.33 bits per heavy atom. The Hall–Kier alpha value is 0.492. The number of rotatable bonds is 0. The second kappa shape index (κ2) is 2.63. The Labute approximate surface area is 54.5 Å². The minimum Gasteiger partial charge on any atom is -1.00 e. The van der Waals surface area contributed by atoms with Gasteiger partial charge in [0.15, 0.2) is 0 Å². The summed E-state index contributed by atoms with van der Waals surface area (Å²) in [6.07, 6.45) is 0. The van der Waals surface area contributed by atoms with Gasteiger partial charge in [0.2, 0.25) is 0 Å². The molecule has 0 rings (SSSR count). The SMILES string of the molecule is CC(C)(C)N.[Al+3].[H-].[H-].[H-]. The van der Waals surface area contributed by atoms with Gasteiger partial charge in [0.05, 0.1) is 0 Å². The summed E-state index contributed by atoms with van der Waals surface area (Å²) in [5, 5.41) is 0. The zero-order valence-electron chi connectivity index (χ0n) is 7.65. The van der Waals surface area contributed by atoms with Crippen molar-refractivity contribution in [2.24, 2.45) is 5.73 Å². The first-order valence-electron chi connectivity index (χ1n) is 1.79. The van der Waals surface area contributed by atoms with Crippen LogP contribution in [0.15, 0.2) is 0 Å². The zero-order chi connectivity index (χ0) is 4.50. The second-order valence-electron chi connectivity index (χ2n) is 2.37. The fraction of sp³-hybridized carbons (Fsp3) is 1.00. The van der Waals surface area contributed by atoms with Crippen molar-refractivity contribution in [3.8, 4) is 0 Å². The van der Waals surface area contributed by atoms with Gasteiger partial charge in [-0.2, -0.15) is 0 Å². The molecule has 0 atom stereocenters.